The number of aryl methyl sites for hydroxylation is 1. The second-order valence-corrected chi connectivity index (χ2v) is 5.20. The van der Waals surface area contributed by atoms with Crippen LogP contribution < -0.4 is 10.5 Å². The van der Waals surface area contributed by atoms with E-state index in [1.165, 1.54) is 5.56 Å². The van der Waals surface area contributed by atoms with Crippen molar-refractivity contribution in [1.82, 2.24) is 0 Å². The van der Waals surface area contributed by atoms with Crippen molar-refractivity contribution in [3.63, 3.8) is 0 Å². The molecule has 0 amide bonds. The molecule has 1 heterocycles. The average molecular weight is 249 g/mol. The van der Waals surface area contributed by atoms with Gasteiger partial charge in [-0.3, -0.25) is 0 Å². The van der Waals surface area contributed by atoms with Gasteiger partial charge in [0.15, 0.2) is 0 Å². The van der Waals surface area contributed by atoms with Crippen LogP contribution in [0.15, 0.2) is 18.2 Å². The largest absolute Gasteiger partial charge is 0.493 e. The van der Waals surface area contributed by atoms with Crippen LogP contribution in [0.4, 0.5) is 0 Å². The Hall–Kier alpha value is -1.06. The van der Waals surface area contributed by atoms with Crippen LogP contribution in [0.2, 0.25) is 0 Å². The van der Waals surface area contributed by atoms with E-state index in [2.05, 4.69) is 25.1 Å². The minimum atomic E-state index is 0.00953. The summed E-state index contributed by atoms with van der Waals surface area (Å²) < 4.78 is 11.3. The number of benzene rings is 1. The summed E-state index contributed by atoms with van der Waals surface area (Å²) in [5.74, 6) is 1.55. The molecule has 0 spiro atoms. The second-order valence-electron chi connectivity index (χ2n) is 5.20. The van der Waals surface area contributed by atoms with Crippen molar-refractivity contribution in [3.05, 3.63) is 29.3 Å². The zero-order valence-corrected chi connectivity index (χ0v) is 11.3. The summed E-state index contributed by atoms with van der Waals surface area (Å²) in [6.07, 6.45) is 2.19. The lowest BCUT2D eigenvalue weighted by atomic mass is 10.0. The first-order valence-corrected chi connectivity index (χ1v) is 6.73. The maximum Gasteiger partial charge on any atom is 0.124 e. The zero-order valence-electron chi connectivity index (χ0n) is 11.3. The standard InChI is InChI=1S/C15H23NO2/c1-11-3-4-14(12(2)16)15(9-11)18-10-13-5-7-17-8-6-13/h3-4,9,12-13H,5-8,10,16H2,1-2H3/t12-/m0/s1. The minimum Gasteiger partial charge on any atom is -0.493 e. The van der Waals surface area contributed by atoms with E-state index in [-0.39, 0.29) is 6.04 Å². The Morgan fingerprint density at radius 2 is 2.11 bits per heavy atom. The van der Waals surface area contributed by atoms with Crippen LogP contribution in [0.5, 0.6) is 5.75 Å². The van der Waals surface area contributed by atoms with Gasteiger partial charge in [0, 0.05) is 24.8 Å². The normalized spacial score (nSPS) is 18.6. The lowest BCUT2D eigenvalue weighted by molar-refractivity contribution is 0.0495. The summed E-state index contributed by atoms with van der Waals surface area (Å²) in [4.78, 5) is 0. The van der Waals surface area contributed by atoms with Gasteiger partial charge < -0.3 is 15.2 Å². The van der Waals surface area contributed by atoms with E-state index < -0.39 is 0 Å². The highest BCUT2D eigenvalue weighted by Gasteiger charge is 2.16. The number of hydrogen-bond donors (Lipinski definition) is 1. The first-order chi connectivity index (χ1) is 8.66. The maximum absolute atomic E-state index is 5.98. The van der Waals surface area contributed by atoms with Crippen LogP contribution in [-0.4, -0.2) is 19.8 Å². The molecule has 3 nitrogen and oxygen atoms in total. The molecule has 2 N–H and O–H groups in total. The average Bonchev–Trinajstić information content (AvgIpc) is 2.37. The van der Waals surface area contributed by atoms with Gasteiger partial charge in [-0.05, 0) is 44.2 Å². The van der Waals surface area contributed by atoms with Crippen molar-refractivity contribution in [3.8, 4) is 5.75 Å². The van der Waals surface area contributed by atoms with E-state index in [1.54, 1.807) is 0 Å². The van der Waals surface area contributed by atoms with Crippen molar-refractivity contribution < 1.29 is 9.47 Å². The molecule has 1 aromatic rings. The Kier molecular flexibility index (Phi) is 4.61. The smallest absolute Gasteiger partial charge is 0.124 e. The lowest BCUT2D eigenvalue weighted by Gasteiger charge is -2.23. The Labute approximate surface area is 109 Å². The van der Waals surface area contributed by atoms with Gasteiger partial charge in [0.05, 0.1) is 6.61 Å². The van der Waals surface area contributed by atoms with E-state index in [1.807, 2.05) is 6.92 Å². The quantitative estimate of drug-likeness (QED) is 0.892. The van der Waals surface area contributed by atoms with E-state index in [0.29, 0.717) is 5.92 Å². The van der Waals surface area contributed by atoms with E-state index in [9.17, 15) is 0 Å². The monoisotopic (exact) mass is 249 g/mol. The molecule has 1 aliphatic rings. The third-order valence-electron chi connectivity index (χ3n) is 3.48. The van der Waals surface area contributed by atoms with Crippen molar-refractivity contribution in [2.75, 3.05) is 19.8 Å². The number of ether oxygens (including phenoxy) is 2. The molecule has 18 heavy (non-hydrogen) atoms. The van der Waals surface area contributed by atoms with Gasteiger partial charge in [-0.2, -0.15) is 0 Å². The molecule has 1 fully saturated rings. The summed E-state index contributed by atoms with van der Waals surface area (Å²) in [5, 5.41) is 0. The van der Waals surface area contributed by atoms with E-state index in [4.69, 9.17) is 15.2 Å². The summed E-state index contributed by atoms with van der Waals surface area (Å²) in [6.45, 7) is 6.56. The molecule has 1 saturated heterocycles. The SMILES string of the molecule is Cc1ccc([C@H](C)N)c(OCC2CCOCC2)c1. The van der Waals surface area contributed by atoms with Gasteiger partial charge in [-0.15, -0.1) is 0 Å². The Morgan fingerprint density at radius 3 is 2.78 bits per heavy atom. The molecule has 0 unspecified atom stereocenters. The van der Waals surface area contributed by atoms with E-state index in [0.717, 1.165) is 44.0 Å². The third kappa shape index (κ3) is 3.47. The molecule has 1 aromatic carbocycles. The van der Waals surface area contributed by atoms with Gasteiger partial charge in [0.2, 0.25) is 0 Å². The van der Waals surface area contributed by atoms with Crippen LogP contribution in [0.1, 0.15) is 36.9 Å². The fourth-order valence-corrected chi connectivity index (χ4v) is 2.26. The highest BCUT2D eigenvalue weighted by molar-refractivity contribution is 5.38. The van der Waals surface area contributed by atoms with Crippen molar-refractivity contribution in [2.45, 2.75) is 32.7 Å². The summed E-state index contributed by atoms with van der Waals surface area (Å²) in [7, 11) is 0. The summed E-state index contributed by atoms with van der Waals surface area (Å²) in [5.41, 5.74) is 8.27. The fraction of sp³-hybridized carbons (Fsp3) is 0.600. The topological polar surface area (TPSA) is 44.5 Å². The molecule has 0 aliphatic carbocycles. The Morgan fingerprint density at radius 1 is 1.39 bits per heavy atom. The molecular formula is C15H23NO2. The van der Waals surface area contributed by atoms with Gasteiger partial charge in [0.1, 0.15) is 5.75 Å². The van der Waals surface area contributed by atoms with Crippen molar-refractivity contribution in [1.29, 1.82) is 0 Å². The summed E-state index contributed by atoms with van der Waals surface area (Å²) >= 11 is 0. The first kappa shape index (κ1) is 13.4. The van der Waals surface area contributed by atoms with Crippen molar-refractivity contribution in [2.24, 2.45) is 11.7 Å². The lowest BCUT2D eigenvalue weighted by Crippen LogP contribution is -2.22. The van der Waals surface area contributed by atoms with Crippen LogP contribution in [0.3, 0.4) is 0 Å². The van der Waals surface area contributed by atoms with E-state index >= 15 is 0 Å². The Balaban J connectivity index is 2.00. The van der Waals surface area contributed by atoms with Gasteiger partial charge in [0.25, 0.3) is 0 Å². The molecule has 3 heteroatoms. The van der Waals surface area contributed by atoms with Crippen LogP contribution in [-0.2, 0) is 4.74 Å². The highest BCUT2D eigenvalue weighted by Crippen LogP contribution is 2.26. The molecule has 1 aliphatic heterocycles. The number of hydrogen-bond acceptors (Lipinski definition) is 3. The molecule has 0 aromatic heterocycles. The summed E-state index contributed by atoms with van der Waals surface area (Å²) in [6, 6.07) is 6.24. The molecule has 1 atom stereocenters. The molecule has 0 bridgehead atoms. The van der Waals surface area contributed by atoms with Gasteiger partial charge in [-0.1, -0.05) is 12.1 Å². The highest BCUT2D eigenvalue weighted by atomic mass is 16.5. The third-order valence-corrected chi connectivity index (χ3v) is 3.48. The molecule has 2 rings (SSSR count). The minimum absolute atomic E-state index is 0.00953. The predicted octanol–water partition coefficient (Wildman–Crippen LogP) is 2.82. The molecule has 0 saturated carbocycles. The zero-order chi connectivity index (χ0) is 13.0. The number of nitrogens with two attached hydrogens (primary N) is 1. The molecule has 100 valence electrons. The molecule has 0 radical (unpaired) electrons. The van der Waals surface area contributed by atoms with Crippen LogP contribution >= 0.6 is 0 Å². The first-order valence-electron chi connectivity index (χ1n) is 6.73. The Bertz CT molecular complexity index is 384. The van der Waals surface area contributed by atoms with Gasteiger partial charge in [-0.25, -0.2) is 0 Å². The fourth-order valence-electron chi connectivity index (χ4n) is 2.26. The van der Waals surface area contributed by atoms with Crippen molar-refractivity contribution >= 4 is 0 Å². The predicted molar refractivity (Wildman–Crippen MR) is 72.8 cm³/mol. The molecular weight excluding hydrogens is 226 g/mol. The van der Waals surface area contributed by atoms with Crippen LogP contribution in [0.25, 0.3) is 0 Å². The second kappa shape index (κ2) is 6.21. The van der Waals surface area contributed by atoms with Crippen LogP contribution in [0, 0.1) is 12.8 Å². The maximum atomic E-state index is 5.98. The van der Waals surface area contributed by atoms with Gasteiger partial charge >= 0.3 is 0 Å². The number of rotatable bonds is 4.